The number of carbonyl (C=O) groups excluding carboxylic acids is 1. The molecule has 2 heterocycles. The first-order valence-corrected chi connectivity index (χ1v) is 8.95. The molecular formula is C18H30N4O3. The lowest BCUT2D eigenvalue weighted by atomic mass is 9.94. The number of aromatic nitrogens is 2. The van der Waals surface area contributed by atoms with Gasteiger partial charge in [-0.3, -0.25) is 4.79 Å². The van der Waals surface area contributed by atoms with Crippen molar-refractivity contribution in [2.24, 2.45) is 5.92 Å². The van der Waals surface area contributed by atoms with E-state index in [9.17, 15) is 14.7 Å². The summed E-state index contributed by atoms with van der Waals surface area (Å²) in [5.41, 5.74) is -0.335. The van der Waals surface area contributed by atoms with Crippen molar-refractivity contribution in [2.75, 3.05) is 33.7 Å². The van der Waals surface area contributed by atoms with E-state index in [1.165, 1.54) is 0 Å². The molecular weight excluding hydrogens is 320 g/mol. The number of likely N-dealkylation sites (N-methyl/N-ethyl adjacent to an activating group) is 1. The third-order valence-corrected chi connectivity index (χ3v) is 4.46. The van der Waals surface area contributed by atoms with E-state index in [2.05, 4.69) is 23.8 Å². The molecule has 1 saturated heterocycles. The monoisotopic (exact) mass is 350 g/mol. The fourth-order valence-corrected chi connectivity index (χ4v) is 3.46. The summed E-state index contributed by atoms with van der Waals surface area (Å²) in [4.78, 5) is 34.8. The van der Waals surface area contributed by atoms with Gasteiger partial charge in [0.25, 0.3) is 5.91 Å². The summed E-state index contributed by atoms with van der Waals surface area (Å²) >= 11 is 0. The Morgan fingerprint density at radius 3 is 2.76 bits per heavy atom. The molecule has 0 aromatic carbocycles. The van der Waals surface area contributed by atoms with Crippen LogP contribution < -0.4 is 5.69 Å². The first-order chi connectivity index (χ1) is 11.7. The molecule has 1 atom stereocenters. The van der Waals surface area contributed by atoms with Gasteiger partial charge in [0, 0.05) is 25.3 Å². The van der Waals surface area contributed by atoms with Gasteiger partial charge in [0.05, 0.1) is 5.60 Å². The highest BCUT2D eigenvalue weighted by Crippen LogP contribution is 2.23. The molecule has 0 saturated carbocycles. The Kier molecular flexibility index (Phi) is 6.35. The molecule has 25 heavy (non-hydrogen) atoms. The van der Waals surface area contributed by atoms with E-state index >= 15 is 0 Å². The van der Waals surface area contributed by atoms with Gasteiger partial charge >= 0.3 is 5.69 Å². The van der Waals surface area contributed by atoms with Crippen molar-refractivity contribution in [1.82, 2.24) is 19.8 Å². The first-order valence-electron chi connectivity index (χ1n) is 8.95. The molecule has 1 amide bonds. The number of likely N-dealkylation sites (tertiary alicyclic amines) is 1. The third-order valence-electron chi connectivity index (χ3n) is 4.46. The second-order valence-electron chi connectivity index (χ2n) is 7.80. The third kappa shape index (κ3) is 5.64. The first kappa shape index (κ1) is 19.6. The summed E-state index contributed by atoms with van der Waals surface area (Å²) in [7, 11) is 3.87. The van der Waals surface area contributed by atoms with Crippen LogP contribution in [0.3, 0.4) is 0 Å². The van der Waals surface area contributed by atoms with Crippen LogP contribution in [-0.2, 0) is 6.42 Å². The molecule has 1 fully saturated rings. The van der Waals surface area contributed by atoms with E-state index in [4.69, 9.17) is 0 Å². The zero-order valence-corrected chi connectivity index (χ0v) is 15.7. The smallest absolute Gasteiger partial charge is 0.345 e. The van der Waals surface area contributed by atoms with Crippen molar-refractivity contribution in [3.8, 4) is 0 Å². The summed E-state index contributed by atoms with van der Waals surface area (Å²) in [6, 6.07) is 1.68. The quantitative estimate of drug-likeness (QED) is 0.823. The van der Waals surface area contributed by atoms with Gasteiger partial charge in [0.1, 0.15) is 5.69 Å². The molecule has 0 unspecified atom stereocenters. The lowest BCUT2D eigenvalue weighted by Crippen LogP contribution is -2.41. The number of hydrogen-bond acceptors (Lipinski definition) is 5. The van der Waals surface area contributed by atoms with Crippen LogP contribution in [0.15, 0.2) is 10.9 Å². The molecule has 0 spiro atoms. The van der Waals surface area contributed by atoms with Crippen molar-refractivity contribution in [2.45, 2.75) is 45.1 Å². The maximum absolute atomic E-state index is 12.8. The van der Waals surface area contributed by atoms with Gasteiger partial charge in [0.15, 0.2) is 0 Å². The normalized spacial score (nSPS) is 21.6. The topological polar surface area (TPSA) is 89.5 Å². The Morgan fingerprint density at radius 2 is 2.12 bits per heavy atom. The van der Waals surface area contributed by atoms with E-state index in [0.717, 1.165) is 12.1 Å². The lowest BCUT2D eigenvalue weighted by molar-refractivity contribution is 0.00303. The van der Waals surface area contributed by atoms with E-state index in [1.807, 2.05) is 19.0 Å². The lowest BCUT2D eigenvalue weighted by Gasteiger charge is -2.29. The van der Waals surface area contributed by atoms with Gasteiger partial charge in [-0.05, 0) is 51.8 Å². The van der Waals surface area contributed by atoms with Crippen molar-refractivity contribution < 1.29 is 9.90 Å². The summed E-state index contributed by atoms with van der Waals surface area (Å²) in [5, 5.41) is 10.7. The van der Waals surface area contributed by atoms with Crippen LogP contribution >= 0.6 is 0 Å². The Hall–Kier alpha value is -1.73. The summed E-state index contributed by atoms with van der Waals surface area (Å²) in [6.07, 6.45) is 2.62. The fourth-order valence-electron chi connectivity index (χ4n) is 3.46. The largest absolute Gasteiger partial charge is 0.388 e. The molecule has 2 rings (SSSR count). The SMILES string of the molecule is CC(C)Cc1cc(C(=O)N2CCC[C@](O)(CN(C)C)CC2)nc(=O)[nH]1. The highest BCUT2D eigenvalue weighted by Gasteiger charge is 2.32. The van der Waals surface area contributed by atoms with Gasteiger partial charge in [-0.2, -0.15) is 4.98 Å². The molecule has 0 aliphatic carbocycles. The maximum atomic E-state index is 12.8. The number of nitrogens with zero attached hydrogens (tertiary/aromatic N) is 3. The molecule has 0 radical (unpaired) electrons. The number of aromatic amines is 1. The number of nitrogens with one attached hydrogen (secondary N) is 1. The fraction of sp³-hybridized carbons (Fsp3) is 0.722. The van der Waals surface area contributed by atoms with Crippen LogP contribution in [0.4, 0.5) is 0 Å². The number of rotatable bonds is 5. The molecule has 1 aromatic heterocycles. The van der Waals surface area contributed by atoms with Crippen LogP contribution in [0.1, 0.15) is 49.3 Å². The molecule has 1 aliphatic rings. The van der Waals surface area contributed by atoms with Gasteiger partial charge in [-0.15, -0.1) is 0 Å². The number of H-pyrrole nitrogens is 1. The van der Waals surface area contributed by atoms with Gasteiger partial charge in [-0.1, -0.05) is 13.8 Å². The number of hydrogen-bond donors (Lipinski definition) is 2. The van der Waals surface area contributed by atoms with Gasteiger partial charge in [-0.25, -0.2) is 4.79 Å². The number of amides is 1. The molecule has 7 nitrogen and oxygen atoms in total. The predicted molar refractivity (Wildman–Crippen MR) is 96.7 cm³/mol. The highest BCUT2D eigenvalue weighted by molar-refractivity contribution is 5.92. The highest BCUT2D eigenvalue weighted by atomic mass is 16.3. The van der Waals surface area contributed by atoms with Crippen LogP contribution in [0.5, 0.6) is 0 Å². The Bertz CT molecular complexity index is 656. The molecule has 7 heteroatoms. The van der Waals surface area contributed by atoms with E-state index in [1.54, 1.807) is 11.0 Å². The average Bonchev–Trinajstić information content (AvgIpc) is 2.66. The number of carbonyl (C=O) groups is 1. The number of aliphatic hydroxyl groups is 1. The summed E-state index contributed by atoms with van der Waals surface area (Å²) < 4.78 is 0. The van der Waals surface area contributed by atoms with Gasteiger partial charge < -0.3 is 19.9 Å². The summed E-state index contributed by atoms with van der Waals surface area (Å²) in [6.45, 7) is 5.73. The zero-order chi connectivity index (χ0) is 18.6. The summed E-state index contributed by atoms with van der Waals surface area (Å²) in [5.74, 6) is 0.144. The molecule has 1 aliphatic heterocycles. The Labute approximate surface area is 149 Å². The zero-order valence-electron chi connectivity index (χ0n) is 15.7. The van der Waals surface area contributed by atoms with Crippen LogP contribution in [0.25, 0.3) is 0 Å². The van der Waals surface area contributed by atoms with Crippen molar-refractivity contribution in [1.29, 1.82) is 0 Å². The Balaban J connectivity index is 2.13. The molecule has 0 bridgehead atoms. The molecule has 2 N–H and O–H groups in total. The second-order valence-corrected chi connectivity index (χ2v) is 7.80. The van der Waals surface area contributed by atoms with Crippen LogP contribution in [-0.4, -0.2) is 70.1 Å². The molecule has 1 aromatic rings. The van der Waals surface area contributed by atoms with Gasteiger partial charge in [0.2, 0.25) is 0 Å². The maximum Gasteiger partial charge on any atom is 0.345 e. The van der Waals surface area contributed by atoms with Crippen molar-refractivity contribution in [3.63, 3.8) is 0 Å². The van der Waals surface area contributed by atoms with E-state index in [-0.39, 0.29) is 11.6 Å². The van der Waals surface area contributed by atoms with Crippen LogP contribution in [0, 0.1) is 5.92 Å². The van der Waals surface area contributed by atoms with Crippen molar-refractivity contribution in [3.05, 3.63) is 27.9 Å². The second kappa shape index (κ2) is 8.10. The predicted octanol–water partition coefficient (Wildman–Crippen LogP) is 0.887. The minimum absolute atomic E-state index is 0.192. The standard InChI is InChI=1S/C18H30N4O3/c1-13(2)10-14-11-15(20-17(24)19-14)16(23)22-8-5-6-18(25,7-9-22)12-21(3)4/h11,13,25H,5-10,12H2,1-4H3,(H,19,20,24)/t18-/m1/s1. The Morgan fingerprint density at radius 1 is 1.40 bits per heavy atom. The van der Waals surface area contributed by atoms with E-state index < -0.39 is 11.3 Å². The minimum Gasteiger partial charge on any atom is -0.388 e. The van der Waals surface area contributed by atoms with Crippen LogP contribution in [0.2, 0.25) is 0 Å². The van der Waals surface area contributed by atoms with Crippen molar-refractivity contribution >= 4 is 5.91 Å². The van der Waals surface area contributed by atoms with E-state index in [0.29, 0.717) is 44.8 Å². The molecule has 140 valence electrons. The minimum atomic E-state index is -0.775. The average molecular weight is 350 g/mol.